The van der Waals surface area contributed by atoms with Gasteiger partial charge in [0.05, 0.1) is 35.5 Å². The first-order valence-corrected chi connectivity index (χ1v) is 15.8. The molecule has 6 heteroatoms. The molecule has 1 fully saturated rings. The van der Waals surface area contributed by atoms with Gasteiger partial charge in [-0.25, -0.2) is 4.39 Å². The van der Waals surface area contributed by atoms with Gasteiger partial charge in [0.15, 0.2) is 5.78 Å². The normalized spacial score (nSPS) is 13.9. The van der Waals surface area contributed by atoms with Gasteiger partial charge in [-0.2, -0.15) is 0 Å². The molecule has 246 valence electrons. The van der Waals surface area contributed by atoms with Crippen LogP contribution in [0, 0.1) is 23.6 Å². The number of carbonyl (C=O) groups is 2. The van der Waals surface area contributed by atoms with Crippen LogP contribution >= 0.6 is 0 Å². The third kappa shape index (κ3) is 15.6. The van der Waals surface area contributed by atoms with Gasteiger partial charge in [-0.1, -0.05) is 68.8 Å². The van der Waals surface area contributed by atoms with E-state index in [1.54, 1.807) is 12.3 Å². The molecule has 0 saturated heterocycles. The molecule has 0 unspecified atom stereocenters. The molecule has 0 radical (unpaired) electrons. The topological polar surface area (TPSA) is 65.5 Å². The van der Waals surface area contributed by atoms with Crippen molar-refractivity contribution in [1.82, 2.24) is 4.98 Å². The number of ether oxygens (including phenoxy) is 2. The van der Waals surface area contributed by atoms with Gasteiger partial charge in [-0.15, -0.1) is 0 Å². The van der Waals surface area contributed by atoms with Gasteiger partial charge in [0.25, 0.3) is 0 Å². The van der Waals surface area contributed by atoms with Crippen LogP contribution < -0.4 is 0 Å². The van der Waals surface area contributed by atoms with E-state index in [-0.39, 0.29) is 34.0 Å². The van der Waals surface area contributed by atoms with E-state index in [2.05, 4.69) is 4.98 Å². The second-order valence-electron chi connectivity index (χ2n) is 15.1. The summed E-state index contributed by atoms with van der Waals surface area (Å²) in [7, 11) is 0. The summed E-state index contributed by atoms with van der Waals surface area (Å²) in [6, 6.07) is 20.3. The molecule has 1 saturated carbocycles. The number of ketones is 2. The lowest BCUT2D eigenvalue weighted by atomic mass is 9.81. The lowest BCUT2D eigenvalue weighted by Gasteiger charge is -2.21. The minimum absolute atomic E-state index is 0.0448. The largest absolute Gasteiger partial charge is 0.371 e. The third-order valence-electron chi connectivity index (χ3n) is 6.93. The summed E-state index contributed by atoms with van der Waals surface area (Å²) in [6.07, 6.45) is 4.14. The molecule has 1 heterocycles. The van der Waals surface area contributed by atoms with Crippen LogP contribution in [0.5, 0.6) is 0 Å². The quantitative estimate of drug-likeness (QED) is 0.223. The van der Waals surface area contributed by atoms with E-state index >= 15 is 0 Å². The van der Waals surface area contributed by atoms with E-state index in [0.717, 1.165) is 29.7 Å². The monoisotopic (exact) mass is 619 g/mol. The molecule has 2 aromatic carbocycles. The SMILES string of the molecule is CC(C)(C)OCc1cccc(F)c1.CC(C)(C)OCc1ccccn1.Cc1ccc(CC(=O)C2(C(=O)CC(C)(C)C)CC2)cc1. The van der Waals surface area contributed by atoms with Crippen LogP contribution in [0.4, 0.5) is 4.39 Å². The van der Waals surface area contributed by atoms with E-state index in [1.165, 1.54) is 17.7 Å². The zero-order chi connectivity index (χ0) is 33.9. The molecular formula is C39H54FNO4. The summed E-state index contributed by atoms with van der Waals surface area (Å²) in [6.45, 7) is 21.3. The van der Waals surface area contributed by atoms with Crippen LogP contribution in [0.2, 0.25) is 0 Å². The predicted octanol–water partition coefficient (Wildman–Crippen LogP) is 9.43. The number of carbonyl (C=O) groups excluding carboxylic acids is 2. The van der Waals surface area contributed by atoms with Gasteiger partial charge in [0.2, 0.25) is 0 Å². The van der Waals surface area contributed by atoms with Crippen molar-refractivity contribution < 1.29 is 23.5 Å². The number of aromatic nitrogens is 1. The maximum absolute atomic E-state index is 12.7. The van der Waals surface area contributed by atoms with Crippen molar-refractivity contribution in [2.45, 2.75) is 119 Å². The molecule has 0 N–H and O–H groups in total. The highest BCUT2D eigenvalue weighted by atomic mass is 19.1. The number of hydrogen-bond acceptors (Lipinski definition) is 5. The Balaban J connectivity index is 0.000000247. The molecule has 4 rings (SSSR count). The summed E-state index contributed by atoms with van der Waals surface area (Å²) in [5.74, 6) is 0.0349. The summed E-state index contributed by atoms with van der Waals surface area (Å²) in [5.41, 5.74) is 3.09. The number of Topliss-reactive ketones (excluding diaryl/α,β-unsaturated/α-hetero) is 2. The van der Waals surface area contributed by atoms with E-state index < -0.39 is 5.41 Å². The Hall–Kier alpha value is -3.22. The minimum atomic E-state index is -0.655. The average molecular weight is 620 g/mol. The summed E-state index contributed by atoms with van der Waals surface area (Å²) < 4.78 is 23.8. The van der Waals surface area contributed by atoms with Gasteiger partial charge < -0.3 is 9.47 Å². The summed E-state index contributed by atoms with van der Waals surface area (Å²) >= 11 is 0. The minimum Gasteiger partial charge on any atom is -0.371 e. The maximum Gasteiger partial charge on any atom is 0.150 e. The molecule has 45 heavy (non-hydrogen) atoms. The Morgan fingerprint density at radius 3 is 1.84 bits per heavy atom. The molecule has 1 aromatic heterocycles. The van der Waals surface area contributed by atoms with Crippen LogP contribution in [0.1, 0.15) is 104 Å². The number of pyridine rings is 1. The fraction of sp³-hybridized carbons (Fsp3) is 0.513. The lowest BCUT2D eigenvalue weighted by Crippen LogP contribution is -2.30. The van der Waals surface area contributed by atoms with Gasteiger partial charge in [0.1, 0.15) is 11.6 Å². The van der Waals surface area contributed by atoms with Gasteiger partial charge in [0, 0.05) is 19.0 Å². The number of halogens is 1. The van der Waals surface area contributed by atoms with Crippen molar-refractivity contribution >= 4 is 11.6 Å². The molecule has 0 atom stereocenters. The molecule has 1 aliphatic rings. The van der Waals surface area contributed by atoms with E-state index in [0.29, 0.717) is 26.1 Å². The second kappa shape index (κ2) is 16.4. The highest BCUT2D eigenvalue weighted by Gasteiger charge is 2.55. The third-order valence-corrected chi connectivity index (χ3v) is 6.93. The maximum atomic E-state index is 12.7. The Labute approximate surface area is 271 Å². The standard InChI is InChI=1S/C18H24O2.C11H15FO.C10H15NO/c1-13-5-7-14(8-6-13)11-15(19)18(9-10-18)16(20)12-17(2,3)4;1-11(2,3)13-8-9-5-4-6-10(12)7-9;1-10(2,3)12-8-9-6-4-5-7-11-9/h5-8H,9-12H2,1-4H3;4-7H,8H2,1-3H3;4-7H,8H2,1-3H3. The molecule has 3 aromatic rings. The predicted molar refractivity (Wildman–Crippen MR) is 180 cm³/mol. The van der Waals surface area contributed by atoms with Crippen molar-refractivity contribution in [2.24, 2.45) is 10.8 Å². The van der Waals surface area contributed by atoms with Crippen LogP contribution in [-0.4, -0.2) is 27.8 Å². The first-order valence-electron chi connectivity index (χ1n) is 15.8. The number of hydrogen-bond donors (Lipinski definition) is 0. The molecule has 0 amide bonds. The van der Waals surface area contributed by atoms with E-state index in [9.17, 15) is 14.0 Å². The Morgan fingerprint density at radius 2 is 1.36 bits per heavy atom. The highest BCUT2D eigenvalue weighted by Crippen LogP contribution is 2.50. The number of nitrogens with zero attached hydrogens (tertiary/aromatic N) is 1. The van der Waals surface area contributed by atoms with Crippen LogP contribution in [-0.2, 0) is 38.7 Å². The smallest absolute Gasteiger partial charge is 0.150 e. The van der Waals surface area contributed by atoms with Crippen molar-refractivity contribution in [3.63, 3.8) is 0 Å². The first-order chi connectivity index (χ1) is 20.8. The molecule has 0 spiro atoms. The fourth-order valence-corrected chi connectivity index (χ4v) is 4.25. The van der Waals surface area contributed by atoms with Crippen molar-refractivity contribution in [1.29, 1.82) is 0 Å². The van der Waals surface area contributed by atoms with Crippen LogP contribution in [0.3, 0.4) is 0 Å². The van der Waals surface area contributed by atoms with Crippen molar-refractivity contribution in [3.8, 4) is 0 Å². The zero-order valence-corrected chi connectivity index (χ0v) is 29.1. The molecule has 0 bridgehead atoms. The Morgan fingerprint density at radius 1 is 0.756 bits per heavy atom. The average Bonchev–Trinajstić information content (AvgIpc) is 3.75. The molecular weight excluding hydrogens is 565 g/mol. The van der Waals surface area contributed by atoms with Gasteiger partial charge in [-0.05, 0) is 102 Å². The second-order valence-corrected chi connectivity index (χ2v) is 15.1. The molecule has 0 aliphatic heterocycles. The summed E-state index contributed by atoms with van der Waals surface area (Å²) in [5, 5.41) is 0. The number of rotatable bonds is 9. The van der Waals surface area contributed by atoms with E-state index in [4.69, 9.17) is 9.47 Å². The number of aryl methyl sites for hydroxylation is 1. The van der Waals surface area contributed by atoms with E-state index in [1.807, 2.05) is 118 Å². The highest BCUT2D eigenvalue weighted by molar-refractivity contribution is 6.10. The van der Waals surface area contributed by atoms with Crippen molar-refractivity contribution in [3.05, 3.63) is 101 Å². The van der Waals surface area contributed by atoms with Gasteiger partial charge >= 0.3 is 0 Å². The lowest BCUT2D eigenvalue weighted by molar-refractivity contribution is -0.135. The Bertz CT molecular complexity index is 1340. The van der Waals surface area contributed by atoms with Crippen molar-refractivity contribution in [2.75, 3.05) is 0 Å². The number of benzene rings is 2. The first kappa shape index (κ1) is 38.0. The summed E-state index contributed by atoms with van der Waals surface area (Å²) in [4.78, 5) is 29.1. The fourth-order valence-electron chi connectivity index (χ4n) is 4.25. The van der Waals surface area contributed by atoms with Crippen LogP contribution in [0.15, 0.2) is 72.9 Å². The molecule has 5 nitrogen and oxygen atoms in total. The molecule has 1 aliphatic carbocycles. The van der Waals surface area contributed by atoms with Crippen LogP contribution in [0.25, 0.3) is 0 Å². The van der Waals surface area contributed by atoms with Gasteiger partial charge in [-0.3, -0.25) is 14.6 Å². The Kier molecular flexibility index (Phi) is 13.8. The zero-order valence-electron chi connectivity index (χ0n) is 29.1.